The first-order valence-corrected chi connectivity index (χ1v) is 9.31. The minimum Gasteiger partial charge on any atom is -0.342 e. The lowest BCUT2D eigenvalue weighted by Gasteiger charge is -2.34. The Morgan fingerprint density at radius 3 is 2.33 bits per heavy atom. The van der Waals surface area contributed by atoms with E-state index < -0.39 is 0 Å². The van der Waals surface area contributed by atoms with E-state index in [0.29, 0.717) is 17.9 Å². The highest BCUT2D eigenvalue weighted by atomic mass is 16.2. The van der Waals surface area contributed by atoms with Crippen LogP contribution in [0.25, 0.3) is 0 Å². The summed E-state index contributed by atoms with van der Waals surface area (Å²) in [5.74, 6) is 1.80. The Hall–Kier alpha value is -0.570. The number of hydrogen-bond donors (Lipinski definition) is 1. The number of carbonyl (C=O) groups excluding carboxylic acids is 1. The van der Waals surface area contributed by atoms with Gasteiger partial charge in [-0.2, -0.15) is 0 Å². The van der Waals surface area contributed by atoms with Crippen LogP contribution in [-0.2, 0) is 4.79 Å². The van der Waals surface area contributed by atoms with Gasteiger partial charge in [-0.1, -0.05) is 26.2 Å². The van der Waals surface area contributed by atoms with Crippen molar-refractivity contribution in [2.75, 3.05) is 13.1 Å². The van der Waals surface area contributed by atoms with Gasteiger partial charge in [0.15, 0.2) is 0 Å². The topological polar surface area (TPSA) is 32.3 Å². The lowest BCUT2D eigenvalue weighted by molar-refractivity contribution is -0.133. The molecule has 3 rings (SSSR count). The molecule has 3 heteroatoms. The van der Waals surface area contributed by atoms with Gasteiger partial charge < -0.3 is 10.2 Å². The summed E-state index contributed by atoms with van der Waals surface area (Å²) in [6.45, 7) is 4.31. The van der Waals surface area contributed by atoms with Gasteiger partial charge in [0.25, 0.3) is 0 Å². The molecule has 1 heterocycles. The first-order chi connectivity index (χ1) is 10.3. The van der Waals surface area contributed by atoms with Crippen molar-refractivity contribution in [2.45, 2.75) is 83.2 Å². The molecule has 0 bridgehead atoms. The molecule has 3 nitrogen and oxygen atoms in total. The smallest absolute Gasteiger partial charge is 0.225 e. The standard InChI is InChI=1S/C18H32N2O/c1-2-14-4-3-5-16(9-6-14)19-17-10-12-20(13-11-17)18(21)15-7-8-15/h14-17,19H,2-13H2,1H3. The van der Waals surface area contributed by atoms with Crippen LogP contribution in [0.1, 0.15) is 71.1 Å². The summed E-state index contributed by atoms with van der Waals surface area (Å²) in [6.07, 6.45) is 12.9. The Balaban J connectivity index is 1.39. The molecule has 21 heavy (non-hydrogen) atoms. The van der Waals surface area contributed by atoms with Crippen molar-refractivity contribution in [3.05, 3.63) is 0 Å². The molecule has 2 atom stereocenters. The minimum atomic E-state index is 0.391. The summed E-state index contributed by atoms with van der Waals surface area (Å²) in [4.78, 5) is 14.2. The summed E-state index contributed by atoms with van der Waals surface area (Å²) in [5.41, 5.74) is 0. The van der Waals surface area contributed by atoms with Crippen LogP contribution in [0, 0.1) is 11.8 Å². The highest BCUT2D eigenvalue weighted by Gasteiger charge is 2.35. The number of rotatable bonds is 4. The second-order valence-corrected chi connectivity index (χ2v) is 7.52. The molecular formula is C18H32N2O. The third-order valence-electron chi connectivity index (χ3n) is 5.87. The van der Waals surface area contributed by atoms with Crippen LogP contribution in [-0.4, -0.2) is 36.0 Å². The molecule has 0 aromatic heterocycles. The minimum absolute atomic E-state index is 0.391. The van der Waals surface area contributed by atoms with Gasteiger partial charge in [-0.25, -0.2) is 0 Å². The van der Waals surface area contributed by atoms with Crippen LogP contribution in [0.5, 0.6) is 0 Å². The van der Waals surface area contributed by atoms with Crippen LogP contribution in [0.4, 0.5) is 0 Å². The van der Waals surface area contributed by atoms with Gasteiger partial charge in [0, 0.05) is 31.1 Å². The zero-order chi connectivity index (χ0) is 14.7. The molecule has 2 saturated carbocycles. The van der Waals surface area contributed by atoms with E-state index in [9.17, 15) is 4.79 Å². The molecular weight excluding hydrogens is 260 g/mol. The molecule has 1 N–H and O–H groups in total. The van der Waals surface area contributed by atoms with Gasteiger partial charge in [-0.05, 0) is 50.9 Å². The van der Waals surface area contributed by atoms with Gasteiger partial charge in [0.05, 0.1) is 0 Å². The quantitative estimate of drug-likeness (QED) is 0.806. The van der Waals surface area contributed by atoms with E-state index in [1.807, 2.05) is 0 Å². The third kappa shape index (κ3) is 4.21. The Morgan fingerprint density at radius 1 is 0.952 bits per heavy atom. The van der Waals surface area contributed by atoms with Crippen molar-refractivity contribution in [3.63, 3.8) is 0 Å². The highest BCUT2D eigenvalue weighted by Crippen LogP contribution is 2.32. The molecule has 120 valence electrons. The predicted molar refractivity (Wildman–Crippen MR) is 86.1 cm³/mol. The average Bonchev–Trinajstić information content (AvgIpc) is 3.35. The van der Waals surface area contributed by atoms with Crippen LogP contribution in [0.3, 0.4) is 0 Å². The maximum absolute atomic E-state index is 12.1. The Bertz CT molecular complexity index is 345. The van der Waals surface area contributed by atoms with Crippen molar-refractivity contribution in [1.82, 2.24) is 10.2 Å². The van der Waals surface area contributed by atoms with E-state index >= 15 is 0 Å². The summed E-state index contributed by atoms with van der Waals surface area (Å²) in [5, 5.41) is 3.91. The number of hydrogen-bond acceptors (Lipinski definition) is 2. The first-order valence-electron chi connectivity index (χ1n) is 9.31. The lowest BCUT2D eigenvalue weighted by atomic mass is 9.97. The Kier molecular flexibility index (Phi) is 5.20. The summed E-state index contributed by atoms with van der Waals surface area (Å²) in [6, 6.07) is 1.38. The van der Waals surface area contributed by atoms with Crippen molar-refractivity contribution in [3.8, 4) is 0 Å². The van der Waals surface area contributed by atoms with E-state index in [-0.39, 0.29) is 0 Å². The number of nitrogens with zero attached hydrogens (tertiary/aromatic N) is 1. The third-order valence-corrected chi connectivity index (χ3v) is 5.87. The van der Waals surface area contributed by atoms with E-state index in [1.165, 1.54) is 38.5 Å². The fourth-order valence-electron chi connectivity index (χ4n) is 4.14. The van der Waals surface area contributed by atoms with E-state index in [4.69, 9.17) is 0 Å². The maximum Gasteiger partial charge on any atom is 0.225 e. The van der Waals surface area contributed by atoms with Crippen molar-refractivity contribution in [2.24, 2.45) is 11.8 Å². The van der Waals surface area contributed by atoms with Crippen molar-refractivity contribution < 1.29 is 4.79 Å². The SMILES string of the molecule is CCC1CCCC(NC2CCN(C(=O)C3CC3)CC2)CC1. The summed E-state index contributed by atoms with van der Waals surface area (Å²) >= 11 is 0. The molecule has 2 aliphatic carbocycles. The van der Waals surface area contributed by atoms with Gasteiger partial charge in [-0.3, -0.25) is 4.79 Å². The Labute approximate surface area is 129 Å². The van der Waals surface area contributed by atoms with E-state index in [0.717, 1.165) is 50.7 Å². The predicted octanol–water partition coefficient (Wildman–Crippen LogP) is 3.34. The van der Waals surface area contributed by atoms with Crippen LogP contribution < -0.4 is 5.32 Å². The lowest BCUT2D eigenvalue weighted by Crippen LogP contribution is -2.48. The molecule has 0 aromatic rings. The fraction of sp³-hybridized carbons (Fsp3) is 0.944. The van der Waals surface area contributed by atoms with E-state index in [1.54, 1.807) is 0 Å². The van der Waals surface area contributed by atoms with Crippen LogP contribution in [0.15, 0.2) is 0 Å². The zero-order valence-corrected chi connectivity index (χ0v) is 13.7. The molecule has 1 aliphatic heterocycles. The molecule has 0 aromatic carbocycles. The highest BCUT2D eigenvalue weighted by molar-refractivity contribution is 5.81. The molecule has 3 aliphatic rings. The average molecular weight is 292 g/mol. The summed E-state index contributed by atoms with van der Waals surface area (Å²) in [7, 11) is 0. The molecule has 1 saturated heterocycles. The second kappa shape index (κ2) is 7.13. The van der Waals surface area contributed by atoms with Gasteiger partial charge in [0.1, 0.15) is 0 Å². The molecule has 3 fully saturated rings. The number of likely N-dealkylation sites (tertiary alicyclic amines) is 1. The summed E-state index contributed by atoms with van der Waals surface area (Å²) < 4.78 is 0. The normalized spacial score (nSPS) is 32.0. The molecule has 0 spiro atoms. The zero-order valence-electron chi connectivity index (χ0n) is 13.7. The number of nitrogens with one attached hydrogen (secondary N) is 1. The maximum atomic E-state index is 12.1. The molecule has 1 amide bonds. The van der Waals surface area contributed by atoms with Crippen LogP contribution in [0.2, 0.25) is 0 Å². The van der Waals surface area contributed by atoms with Crippen LogP contribution >= 0.6 is 0 Å². The van der Waals surface area contributed by atoms with Crippen molar-refractivity contribution >= 4 is 5.91 Å². The molecule has 0 radical (unpaired) electrons. The van der Waals surface area contributed by atoms with Gasteiger partial charge in [0.2, 0.25) is 5.91 Å². The Morgan fingerprint density at radius 2 is 1.67 bits per heavy atom. The monoisotopic (exact) mass is 292 g/mol. The van der Waals surface area contributed by atoms with Crippen molar-refractivity contribution in [1.29, 1.82) is 0 Å². The number of amides is 1. The number of carbonyl (C=O) groups is 1. The fourth-order valence-corrected chi connectivity index (χ4v) is 4.14. The van der Waals surface area contributed by atoms with E-state index in [2.05, 4.69) is 17.1 Å². The number of piperidine rings is 1. The second-order valence-electron chi connectivity index (χ2n) is 7.52. The van der Waals surface area contributed by atoms with Gasteiger partial charge in [-0.15, -0.1) is 0 Å². The largest absolute Gasteiger partial charge is 0.342 e. The van der Waals surface area contributed by atoms with Gasteiger partial charge >= 0.3 is 0 Å². The molecule has 2 unspecified atom stereocenters. The first kappa shape index (κ1) is 15.3.